The first-order chi connectivity index (χ1) is 6.95. The zero-order valence-electron chi connectivity index (χ0n) is 10.2. The predicted octanol–water partition coefficient (Wildman–Crippen LogP) is 0.629. The van der Waals surface area contributed by atoms with E-state index in [1.807, 2.05) is 0 Å². The zero-order valence-corrected chi connectivity index (χ0v) is 10.2. The van der Waals surface area contributed by atoms with Crippen molar-refractivity contribution in [3.8, 4) is 0 Å². The van der Waals surface area contributed by atoms with Crippen molar-refractivity contribution in [2.45, 2.75) is 45.8 Å². The number of hydrogen-bond donors (Lipinski definition) is 3. The van der Waals surface area contributed by atoms with Gasteiger partial charge in [-0.15, -0.1) is 0 Å². The smallest absolute Gasteiger partial charge is 0.110 e. The number of hydrogen-bond acceptors (Lipinski definition) is 3. The van der Waals surface area contributed by atoms with E-state index < -0.39 is 0 Å². The van der Waals surface area contributed by atoms with Gasteiger partial charge in [-0.05, 0) is 19.8 Å². The van der Waals surface area contributed by atoms with Gasteiger partial charge in [-0.25, -0.2) is 0 Å². The highest BCUT2D eigenvalue weighted by molar-refractivity contribution is 5.83. The molecule has 1 saturated heterocycles. The van der Waals surface area contributed by atoms with Crippen LogP contribution in [0.5, 0.6) is 0 Å². The lowest BCUT2D eigenvalue weighted by Gasteiger charge is -2.45. The summed E-state index contributed by atoms with van der Waals surface area (Å²) in [6, 6.07) is 0.805. The highest BCUT2D eigenvalue weighted by Crippen LogP contribution is 2.18. The van der Waals surface area contributed by atoms with Crippen LogP contribution in [0.2, 0.25) is 0 Å². The molecule has 0 radical (unpaired) electrons. The molecule has 4 N–H and O–H groups in total. The number of nitrogens with one attached hydrogen (secondary N) is 2. The molecule has 0 aliphatic carbocycles. The third kappa shape index (κ3) is 2.69. The molecular weight excluding hydrogens is 188 g/mol. The normalized spacial score (nSPS) is 28.7. The molecule has 1 aliphatic heterocycles. The van der Waals surface area contributed by atoms with Crippen LogP contribution in [0.25, 0.3) is 0 Å². The Kier molecular flexibility index (Phi) is 4.11. The van der Waals surface area contributed by atoms with Crippen LogP contribution in [0.15, 0.2) is 0 Å². The van der Waals surface area contributed by atoms with Crippen molar-refractivity contribution in [1.29, 1.82) is 5.41 Å². The highest BCUT2D eigenvalue weighted by atomic mass is 15.3. The van der Waals surface area contributed by atoms with Gasteiger partial charge in [0.05, 0.1) is 6.04 Å². The third-order valence-electron chi connectivity index (χ3n) is 3.15. The zero-order chi connectivity index (χ0) is 11.6. The quantitative estimate of drug-likeness (QED) is 0.475. The monoisotopic (exact) mass is 212 g/mol. The molecule has 2 unspecified atom stereocenters. The number of piperazine rings is 1. The van der Waals surface area contributed by atoms with E-state index in [0.717, 1.165) is 13.1 Å². The van der Waals surface area contributed by atoms with Gasteiger partial charge in [0.25, 0.3) is 0 Å². The van der Waals surface area contributed by atoms with E-state index in [9.17, 15) is 0 Å². The van der Waals surface area contributed by atoms with E-state index in [4.69, 9.17) is 11.1 Å². The van der Waals surface area contributed by atoms with E-state index >= 15 is 0 Å². The average molecular weight is 212 g/mol. The van der Waals surface area contributed by atoms with Gasteiger partial charge in [0.2, 0.25) is 0 Å². The number of nitrogens with zero attached hydrogens (tertiary/aromatic N) is 1. The molecule has 15 heavy (non-hydrogen) atoms. The minimum Gasteiger partial charge on any atom is -0.386 e. The maximum Gasteiger partial charge on any atom is 0.110 e. The van der Waals surface area contributed by atoms with Gasteiger partial charge in [-0.3, -0.25) is 10.3 Å². The Bertz CT molecular complexity index is 209. The minimum atomic E-state index is 0.0544. The fourth-order valence-electron chi connectivity index (χ4n) is 2.37. The van der Waals surface area contributed by atoms with Crippen LogP contribution in [0.1, 0.15) is 27.7 Å². The van der Waals surface area contributed by atoms with Gasteiger partial charge in [0.1, 0.15) is 5.84 Å². The van der Waals surface area contributed by atoms with Gasteiger partial charge in [-0.2, -0.15) is 0 Å². The van der Waals surface area contributed by atoms with Crippen molar-refractivity contribution in [1.82, 2.24) is 10.2 Å². The minimum absolute atomic E-state index is 0.0544. The topological polar surface area (TPSA) is 65.1 Å². The highest BCUT2D eigenvalue weighted by Gasteiger charge is 2.36. The molecule has 0 amide bonds. The Morgan fingerprint density at radius 3 is 2.40 bits per heavy atom. The standard InChI is InChI=1S/C11H24N4/c1-7(2)9-10(11(12)13)15(8(3)4)6-5-14-9/h7-10,14H,5-6H2,1-4H3,(H3,12,13). The van der Waals surface area contributed by atoms with Crippen molar-refractivity contribution in [3.05, 3.63) is 0 Å². The van der Waals surface area contributed by atoms with Crippen LogP contribution in [0.3, 0.4) is 0 Å². The van der Waals surface area contributed by atoms with Crippen molar-refractivity contribution in [2.24, 2.45) is 11.7 Å². The SMILES string of the molecule is CC(C)C1NCCN(C(C)C)C1C(=N)N. The molecule has 0 bridgehead atoms. The van der Waals surface area contributed by atoms with Crippen molar-refractivity contribution in [2.75, 3.05) is 13.1 Å². The molecule has 1 fully saturated rings. The van der Waals surface area contributed by atoms with Gasteiger partial charge in [-0.1, -0.05) is 13.8 Å². The van der Waals surface area contributed by atoms with Crippen molar-refractivity contribution in [3.63, 3.8) is 0 Å². The molecule has 88 valence electrons. The first kappa shape index (κ1) is 12.5. The fourth-order valence-corrected chi connectivity index (χ4v) is 2.37. The summed E-state index contributed by atoms with van der Waals surface area (Å²) in [5.41, 5.74) is 5.73. The summed E-state index contributed by atoms with van der Waals surface area (Å²) in [7, 11) is 0. The van der Waals surface area contributed by atoms with Crippen LogP contribution in [0, 0.1) is 11.3 Å². The van der Waals surface area contributed by atoms with Gasteiger partial charge in [0.15, 0.2) is 0 Å². The van der Waals surface area contributed by atoms with Crippen LogP contribution < -0.4 is 11.1 Å². The largest absolute Gasteiger partial charge is 0.386 e. The molecule has 1 rings (SSSR count). The molecule has 2 atom stereocenters. The average Bonchev–Trinajstić information content (AvgIpc) is 2.16. The molecule has 1 aliphatic rings. The predicted molar refractivity (Wildman–Crippen MR) is 64.2 cm³/mol. The van der Waals surface area contributed by atoms with E-state index in [1.165, 1.54) is 0 Å². The summed E-state index contributed by atoms with van der Waals surface area (Å²) in [5.74, 6) is 0.787. The molecule has 1 heterocycles. The third-order valence-corrected chi connectivity index (χ3v) is 3.15. The second-order valence-corrected chi connectivity index (χ2v) is 4.96. The number of nitrogens with two attached hydrogens (primary N) is 1. The lowest BCUT2D eigenvalue weighted by atomic mass is 9.91. The summed E-state index contributed by atoms with van der Waals surface area (Å²) in [6.07, 6.45) is 0. The van der Waals surface area contributed by atoms with E-state index in [0.29, 0.717) is 18.0 Å². The van der Waals surface area contributed by atoms with Crippen molar-refractivity contribution >= 4 is 5.84 Å². The molecule has 4 nitrogen and oxygen atoms in total. The molecule has 4 heteroatoms. The van der Waals surface area contributed by atoms with E-state index in [-0.39, 0.29) is 11.9 Å². The first-order valence-electron chi connectivity index (χ1n) is 5.78. The van der Waals surface area contributed by atoms with Crippen molar-refractivity contribution < 1.29 is 0 Å². The lowest BCUT2D eigenvalue weighted by molar-refractivity contribution is 0.108. The molecule has 0 saturated carbocycles. The molecule has 0 aromatic carbocycles. The Balaban J connectivity index is 2.85. The van der Waals surface area contributed by atoms with Crippen LogP contribution in [0.4, 0.5) is 0 Å². The van der Waals surface area contributed by atoms with E-state index in [2.05, 4.69) is 37.9 Å². The fraction of sp³-hybridized carbons (Fsp3) is 0.909. The summed E-state index contributed by atoms with van der Waals surface area (Å²) in [6.45, 7) is 10.7. The van der Waals surface area contributed by atoms with Gasteiger partial charge < -0.3 is 11.1 Å². The van der Waals surface area contributed by atoms with Crippen LogP contribution >= 0.6 is 0 Å². The van der Waals surface area contributed by atoms with Gasteiger partial charge >= 0.3 is 0 Å². The first-order valence-corrected chi connectivity index (χ1v) is 5.78. The second-order valence-electron chi connectivity index (χ2n) is 4.96. The van der Waals surface area contributed by atoms with Crippen LogP contribution in [-0.4, -0.2) is 42.0 Å². The summed E-state index contributed by atoms with van der Waals surface area (Å²) >= 11 is 0. The van der Waals surface area contributed by atoms with Crippen LogP contribution in [-0.2, 0) is 0 Å². The Labute approximate surface area is 92.7 Å². The number of amidine groups is 1. The van der Waals surface area contributed by atoms with E-state index in [1.54, 1.807) is 0 Å². The molecule has 0 aromatic rings. The molecule has 0 spiro atoms. The maximum absolute atomic E-state index is 7.73. The summed E-state index contributed by atoms with van der Waals surface area (Å²) in [5, 5.41) is 11.2. The maximum atomic E-state index is 7.73. The Hall–Kier alpha value is -0.610. The summed E-state index contributed by atoms with van der Waals surface area (Å²) < 4.78 is 0. The lowest BCUT2D eigenvalue weighted by Crippen LogP contribution is -2.65. The Morgan fingerprint density at radius 2 is 2.00 bits per heavy atom. The van der Waals surface area contributed by atoms with Gasteiger partial charge in [0, 0.05) is 25.2 Å². The summed E-state index contributed by atoms with van der Waals surface area (Å²) in [4.78, 5) is 2.32. The molecule has 0 aromatic heterocycles. The second kappa shape index (κ2) is 4.94. The number of rotatable bonds is 3. The molecular formula is C11H24N4. The Morgan fingerprint density at radius 1 is 1.40 bits per heavy atom.